The number of hydrogen-bond donors (Lipinski definition) is 0. The second-order valence-corrected chi connectivity index (χ2v) is 3.65. The van der Waals surface area contributed by atoms with Crippen molar-refractivity contribution in [2.45, 2.75) is 11.7 Å². The predicted molar refractivity (Wildman–Crippen MR) is 55.5 cm³/mol. The van der Waals surface area contributed by atoms with E-state index in [9.17, 15) is 13.2 Å². The summed E-state index contributed by atoms with van der Waals surface area (Å²) in [6, 6.07) is 5.62. The predicted octanol–water partition coefficient (Wildman–Crippen LogP) is 4.23. The summed E-state index contributed by atoms with van der Waals surface area (Å²) in [6.45, 7) is 0. The Morgan fingerprint density at radius 2 is 2.00 bits per heavy atom. The van der Waals surface area contributed by atoms with Gasteiger partial charge in [0.05, 0.1) is 5.33 Å². The monoisotopic (exact) mass is 294 g/mol. The Hall–Kier alpha value is -1.17. The number of ether oxygens (including phenoxy) is 1. The molecule has 0 bridgehead atoms. The van der Waals surface area contributed by atoms with Crippen LogP contribution in [0.5, 0.6) is 5.75 Å². The SMILES string of the molecule is FC(F)(F)Oc1ccc2oc(CBr)cc2c1. The molecule has 2 rings (SSSR count). The first-order chi connectivity index (χ1) is 7.48. The second-order valence-electron chi connectivity index (χ2n) is 3.09. The molecule has 0 amide bonds. The fraction of sp³-hybridized carbons (Fsp3) is 0.200. The number of halogens is 4. The molecule has 1 aromatic heterocycles. The van der Waals surface area contributed by atoms with Crippen molar-refractivity contribution in [1.82, 2.24) is 0 Å². The van der Waals surface area contributed by atoms with E-state index in [1.54, 1.807) is 6.07 Å². The maximum Gasteiger partial charge on any atom is 0.573 e. The quantitative estimate of drug-likeness (QED) is 0.774. The summed E-state index contributed by atoms with van der Waals surface area (Å²) >= 11 is 3.20. The largest absolute Gasteiger partial charge is 0.573 e. The standard InChI is InChI=1S/C10H6BrF3O2/c11-5-8-4-6-3-7(16-10(12,13)14)1-2-9(6)15-8/h1-4H,5H2. The number of furan rings is 1. The van der Waals surface area contributed by atoms with E-state index in [0.29, 0.717) is 22.1 Å². The van der Waals surface area contributed by atoms with Gasteiger partial charge in [-0.25, -0.2) is 0 Å². The molecule has 0 aliphatic rings. The lowest BCUT2D eigenvalue weighted by atomic mass is 10.2. The van der Waals surface area contributed by atoms with Crippen molar-refractivity contribution < 1.29 is 22.3 Å². The van der Waals surface area contributed by atoms with Gasteiger partial charge in [0.15, 0.2) is 0 Å². The zero-order valence-corrected chi connectivity index (χ0v) is 9.43. The van der Waals surface area contributed by atoms with E-state index in [-0.39, 0.29) is 5.75 Å². The number of fused-ring (bicyclic) bond motifs is 1. The summed E-state index contributed by atoms with van der Waals surface area (Å²) in [6.07, 6.45) is -4.67. The average Bonchev–Trinajstić information content (AvgIpc) is 2.57. The molecule has 0 fully saturated rings. The summed E-state index contributed by atoms with van der Waals surface area (Å²) in [5.41, 5.74) is 0.531. The lowest BCUT2D eigenvalue weighted by Crippen LogP contribution is -2.16. The molecule has 0 unspecified atom stereocenters. The molecule has 1 heterocycles. The topological polar surface area (TPSA) is 22.4 Å². The van der Waals surface area contributed by atoms with Crippen molar-refractivity contribution in [1.29, 1.82) is 0 Å². The van der Waals surface area contributed by atoms with Gasteiger partial charge < -0.3 is 9.15 Å². The van der Waals surface area contributed by atoms with Crippen LogP contribution in [0.1, 0.15) is 5.76 Å². The van der Waals surface area contributed by atoms with Gasteiger partial charge in [-0.2, -0.15) is 0 Å². The molecule has 1 aromatic carbocycles. The van der Waals surface area contributed by atoms with E-state index in [1.807, 2.05) is 0 Å². The molecule has 0 N–H and O–H groups in total. The highest BCUT2D eigenvalue weighted by molar-refractivity contribution is 9.08. The maximum atomic E-state index is 12.0. The molecular formula is C10H6BrF3O2. The molecule has 0 spiro atoms. The van der Waals surface area contributed by atoms with Gasteiger partial charge in [-0.05, 0) is 24.3 Å². The van der Waals surface area contributed by atoms with Crippen molar-refractivity contribution in [3.8, 4) is 5.75 Å². The lowest BCUT2D eigenvalue weighted by molar-refractivity contribution is -0.274. The minimum Gasteiger partial charge on any atom is -0.460 e. The van der Waals surface area contributed by atoms with Crippen molar-refractivity contribution in [2.75, 3.05) is 0 Å². The van der Waals surface area contributed by atoms with Crippen molar-refractivity contribution in [2.24, 2.45) is 0 Å². The molecule has 86 valence electrons. The minimum atomic E-state index is -4.67. The normalized spacial score (nSPS) is 12.0. The van der Waals surface area contributed by atoms with E-state index >= 15 is 0 Å². The van der Waals surface area contributed by atoms with E-state index in [0.717, 1.165) is 0 Å². The van der Waals surface area contributed by atoms with E-state index in [2.05, 4.69) is 20.7 Å². The summed E-state index contributed by atoms with van der Waals surface area (Å²) in [7, 11) is 0. The Morgan fingerprint density at radius 3 is 2.62 bits per heavy atom. The minimum absolute atomic E-state index is 0.248. The summed E-state index contributed by atoms with van der Waals surface area (Å²) in [5, 5.41) is 1.09. The van der Waals surface area contributed by atoms with E-state index < -0.39 is 6.36 Å². The van der Waals surface area contributed by atoms with Crippen LogP contribution in [0, 0.1) is 0 Å². The third-order valence-electron chi connectivity index (χ3n) is 1.90. The highest BCUT2D eigenvalue weighted by Gasteiger charge is 2.31. The second kappa shape index (κ2) is 4.01. The Kier molecular flexibility index (Phi) is 2.84. The zero-order valence-electron chi connectivity index (χ0n) is 7.84. The van der Waals surface area contributed by atoms with Crippen LogP contribution >= 0.6 is 15.9 Å². The highest BCUT2D eigenvalue weighted by atomic mass is 79.9. The summed E-state index contributed by atoms with van der Waals surface area (Å²) in [4.78, 5) is 0. The van der Waals surface area contributed by atoms with Crippen LogP contribution in [-0.4, -0.2) is 6.36 Å². The van der Waals surface area contributed by atoms with Crippen LogP contribution in [0.4, 0.5) is 13.2 Å². The smallest absolute Gasteiger partial charge is 0.460 e. The molecule has 0 saturated carbocycles. The van der Waals surface area contributed by atoms with Crippen molar-refractivity contribution in [3.05, 3.63) is 30.0 Å². The first-order valence-electron chi connectivity index (χ1n) is 4.32. The Balaban J connectivity index is 2.36. The zero-order chi connectivity index (χ0) is 11.8. The van der Waals surface area contributed by atoms with Crippen molar-refractivity contribution in [3.63, 3.8) is 0 Å². The van der Waals surface area contributed by atoms with Gasteiger partial charge in [-0.1, -0.05) is 15.9 Å². The maximum absolute atomic E-state index is 12.0. The molecule has 0 aliphatic heterocycles. The van der Waals surface area contributed by atoms with E-state index in [1.165, 1.54) is 18.2 Å². The van der Waals surface area contributed by atoms with Crippen LogP contribution in [0.2, 0.25) is 0 Å². The fourth-order valence-electron chi connectivity index (χ4n) is 1.34. The molecule has 0 saturated heterocycles. The Bertz CT molecular complexity index is 504. The summed E-state index contributed by atoms with van der Waals surface area (Å²) in [5.74, 6) is 0.404. The van der Waals surface area contributed by atoms with Gasteiger partial charge in [-0.15, -0.1) is 13.2 Å². The third kappa shape index (κ3) is 2.49. The molecule has 2 aromatic rings. The lowest BCUT2D eigenvalue weighted by Gasteiger charge is -2.07. The van der Waals surface area contributed by atoms with Gasteiger partial charge >= 0.3 is 6.36 Å². The van der Waals surface area contributed by atoms with Gasteiger partial charge in [0, 0.05) is 5.39 Å². The van der Waals surface area contributed by atoms with Crippen LogP contribution in [-0.2, 0) is 5.33 Å². The first-order valence-corrected chi connectivity index (χ1v) is 5.44. The summed E-state index contributed by atoms with van der Waals surface area (Å²) < 4.78 is 45.0. The van der Waals surface area contributed by atoms with Crippen LogP contribution in [0.15, 0.2) is 28.7 Å². The van der Waals surface area contributed by atoms with E-state index in [4.69, 9.17) is 4.42 Å². The van der Waals surface area contributed by atoms with Crippen LogP contribution in [0.25, 0.3) is 11.0 Å². The number of alkyl halides is 4. The fourth-order valence-corrected chi connectivity index (χ4v) is 1.62. The van der Waals surface area contributed by atoms with Crippen molar-refractivity contribution >= 4 is 26.9 Å². The Morgan fingerprint density at radius 1 is 1.25 bits per heavy atom. The third-order valence-corrected chi connectivity index (χ3v) is 2.46. The van der Waals surface area contributed by atoms with Gasteiger partial charge in [0.25, 0.3) is 0 Å². The number of rotatable bonds is 2. The molecule has 2 nitrogen and oxygen atoms in total. The average molecular weight is 295 g/mol. The van der Waals surface area contributed by atoms with Gasteiger partial charge in [0.1, 0.15) is 17.1 Å². The van der Waals surface area contributed by atoms with Gasteiger partial charge in [-0.3, -0.25) is 0 Å². The molecule has 0 atom stereocenters. The number of hydrogen-bond acceptors (Lipinski definition) is 2. The molecular weight excluding hydrogens is 289 g/mol. The molecule has 6 heteroatoms. The molecule has 16 heavy (non-hydrogen) atoms. The first kappa shape index (κ1) is 11.3. The Labute approximate surface area is 97.1 Å². The highest BCUT2D eigenvalue weighted by Crippen LogP contribution is 2.28. The van der Waals surface area contributed by atoms with Crippen LogP contribution < -0.4 is 4.74 Å². The molecule has 0 aliphatic carbocycles. The van der Waals surface area contributed by atoms with Crippen LogP contribution in [0.3, 0.4) is 0 Å². The van der Waals surface area contributed by atoms with Gasteiger partial charge in [0.2, 0.25) is 0 Å². The number of benzene rings is 1. The molecule has 0 radical (unpaired) electrons.